The summed E-state index contributed by atoms with van der Waals surface area (Å²) in [5.41, 5.74) is 2.91. The molecule has 1 N–H and O–H groups in total. The number of amides is 1. The Labute approximate surface area is 144 Å². The van der Waals surface area contributed by atoms with E-state index in [1.54, 1.807) is 24.3 Å². The van der Waals surface area contributed by atoms with Gasteiger partial charge in [0.1, 0.15) is 5.52 Å². The Morgan fingerprint density at radius 1 is 1.12 bits per heavy atom. The van der Waals surface area contributed by atoms with E-state index in [9.17, 15) is 9.59 Å². The molecular formula is C19H18N2O4. The van der Waals surface area contributed by atoms with Crippen LogP contribution in [-0.2, 0) is 22.5 Å². The third-order valence-corrected chi connectivity index (χ3v) is 3.77. The third kappa shape index (κ3) is 4.23. The smallest absolute Gasteiger partial charge is 0.337 e. The number of carbonyl (C=O) groups excluding carboxylic acids is 2. The number of aryl methyl sites for hydroxylation is 1. The minimum Gasteiger partial charge on any atom is -0.465 e. The van der Waals surface area contributed by atoms with Gasteiger partial charge in [0.05, 0.1) is 12.7 Å². The number of carbonyl (C=O) groups is 2. The summed E-state index contributed by atoms with van der Waals surface area (Å²) in [5.74, 6) is 0.0898. The van der Waals surface area contributed by atoms with E-state index in [1.807, 2.05) is 24.3 Å². The summed E-state index contributed by atoms with van der Waals surface area (Å²) < 4.78 is 10.2. The highest BCUT2D eigenvalue weighted by molar-refractivity contribution is 5.89. The maximum atomic E-state index is 12.0. The Morgan fingerprint density at radius 3 is 2.60 bits per heavy atom. The summed E-state index contributed by atoms with van der Waals surface area (Å²) in [6.07, 6.45) is 0.745. The highest BCUT2D eigenvalue weighted by Crippen LogP contribution is 2.15. The Bertz CT molecular complexity index is 851. The van der Waals surface area contributed by atoms with Crippen LogP contribution in [-0.4, -0.2) is 24.0 Å². The number of ether oxygens (including phenoxy) is 1. The first-order valence-corrected chi connectivity index (χ1v) is 7.94. The van der Waals surface area contributed by atoms with Crippen molar-refractivity contribution in [3.63, 3.8) is 0 Å². The molecule has 0 aliphatic carbocycles. The standard InChI is InChI=1S/C19H18N2O4/c1-24-19(23)14-8-6-13(7-9-14)12-20-17(22)10-11-18-21-15-4-2-3-5-16(15)25-18/h2-9H,10-12H2,1H3,(H,20,22). The molecule has 0 spiro atoms. The van der Waals surface area contributed by atoms with E-state index in [1.165, 1.54) is 7.11 Å². The second-order valence-electron chi connectivity index (χ2n) is 5.54. The van der Waals surface area contributed by atoms with Crippen molar-refractivity contribution in [2.24, 2.45) is 0 Å². The molecule has 3 aromatic rings. The number of oxazole rings is 1. The topological polar surface area (TPSA) is 81.4 Å². The number of para-hydroxylation sites is 2. The summed E-state index contributed by atoms with van der Waals surface area (Å²) in [5, 5.41) is 2.84. The number of rotatable bonds is 6. The van der Waals surface area contributed by atoms with Gasteiger partial charge in [0.15, 0.2) is 11.5 Å². The molecule has 0 atom stereocenters. The number of nitrogens with one attached hydrogen (secondary N) is 1. The van der Waals surface area contributed by atoms with E-state index in [-0.39, 0.29) is 11.9 Å². The lowest BCUT2D eigenvalue weighted by molar-refractivity contribution is -0.121. The minimum absolute atomic E-state index is 0.0840. The van der Waals surface area contributed by atoms with Gasteiger partial charge in [-0.2, -0.15) is 0 Å². The number of hydrogen-bond acceptors (Lipinski definition) is 5. The summed E-state index contributed by atoms with van der Waals surface area (Å²) in [6.45, 7) is 0.397. The number of hydrogen-bond donors (Lipinski definition) is 1. The van der Waals surface area contributed by atoms with Crippen molar-refractivity contribution in [2.45, 2.75) is 19.4 Å². The van der Waals surface area contributed by atoms with Crippen LogP contribution in [0.4, 0.5) is 0 Å². The van der Waals surface area contributed by atoms with Crippen LogP contribution in [0.1, 0.15) is 28.2 Å². The number of benzene rings is 2. The van der Waals surface area contributed by atoms with E-state index in [0.717, 1.165) is 16.7 Å². The lowest BCUT2D eigenvalue weighted by Gasteiger charge is -2.05. The molecule has 0 aliphatic rings. The van der Waals surface area contributed by atoms with Crippen LogP contribution >= 0.6 is 0 Å². The van der Waals surface area contributed by atoms with Crippen molar-refractivity contribution in [3.05, 3.63) is 65.5 Å². The van der Waals surface area contributed by atoms with Gasteiger partial charge >= 0.3 is 5.97 Å². The van der Waals surface area contributed by atoms with E-state index in [2.05, 4.69) is 15.0 Å². The Morgan fingerprint density at radius 2 is 1.88 bits per heavy atom. The molecule has 0 fully saturated rings. The summed E-state index contributed by atoms with van der Waals surface area (Å²) >= 11 is 0. The predicted octanol–water partition coefficient (Wildman–Crippen LogP) is 2.86. The molecule has 1 amide bonds. The van der Waals surface area contributed by atoms with Gasteiger partial charge in [0, 0.05) is 19.4 Å². The zero-order chi connectivity index (χ0) is 17.6. The Hall–Kier alpha value is -3.15. The molecule has 128 valence electrons. The number of fused-ring (bicyclic) bond motifs is 1. The van der Waals surface area contributed by atoms with Crippen LogP contribution in [0.2, 0.25) is 0 Å². The van der Waals surface area contributed by atoms with Gasteiger partial charge in [-0.15, -0.1) is 0 Å². The Balaban J connectivity index is 1.48. The van der Waals surface area contributed by atoms with Crippen LogP contribution in [0, 0.1) is 0 Å². The van der Waals surface area contributed by atoms with Crippen LogP contribution in [0.25, 0.3) is 11.1 Å². The lowest BCUT2D eigenvalue weighted by atomic mass is 10.1. The molecule has 25 heavy (non-hydrogen) atoms. The number of aromatic nitrogens is 1. The molecule has 0 saturated carbocycles. The first-order chi connectivity index (χ1) is 12.2. The molecule has 6 nitrogen and oxygen atoms in total. The largest absolute Gasteiger partial charge is 0.465 e. The number of nitrogens with zero attached hydrogens (tertiary/aromatic N) is 1. The van der Waals surface area contributed by atoms with Crippen molar-refractivity contribution in [3.8, 4) is 0 Å². The molecule has 2 aromatic carbocycles. The van der Waals surface area contributed by atoms with E-state index in [0.29, 0.717) is 30.8 Å². The quantitative estimate of drug-likeness (QED) is 0.699. The van der Waals surface area contributed by atoms with Crippen LogP contribution < -0.4 is 5.32 Å². The average Bonchev–Trinajstić information content (AvgIpc) is 3.07. The van der Waals surface area contributed by atoms with Crippen molar-refractivity contribution >= 4 is 23.0 Å². The van der Waals surface area contributed by atoms with E-state index < -0.39 is 0 Å². The molecule has 0 aliphatic heterocycles. The van der Waals surface area contributed by atoms with Crippen molar-refractivity contribution in [2.75, 3.05) is 7.11 Å². The fourth-order valence-electron chi connectivity index (χ4n) is 2.41. The van der Waals surface area contributed by atoms with Gasteiger partial charge in [0.2, 0.25) is 5.91 Å². The lowest BCUT2D eigenvalue weighted by Crippen LogP contribution is -2.23. The first-order valence-electron chi connectivity index (χ1n) is 7.94. The van der Waals surface area contributed by atoms with Crippen LogP contribution in [0.5, 0.6) is 0 Å². The van der Waals surface area contributed by atoms with Gasteiger partial charge in [0.25, 0.3) is 0 Å². The number of esters is 1. The van der Waals surface area contributed by atoms with Crippen LogP contribution in [0.15, 0.2) is 52.9 Å². The molecule has 0 unspecified atom stereocenters. The molecule has 1 heterocycles. The maximum Gasteiger partial charge on any atom is 0.337 e. The third-order valence-electron chi connectivity index (χ3n) is 3.77. The molecule has 0 radical (unpaired) electrons. The first kappa shape index (κ1) is 16.7. The van der Waals surface area contributed by atoms with Crippen molar-refractivity contribution in [1.82, 2.24) is 10.3 Å². The van der Waals surface area contributed by atoms with Gasteiger partial charge in [-0.1, -0.05) is 24.3 Å². The highest BCUT2D eigenvalue weighted by Gasteiger charge is 2.09. The minimum atomic E-state index is -0.381. The second-order valence-corrected chi connectivity index (χ2v) is 5.54. The molecule has 0 bridgehead atoms. The van der Waals surface area contributed by atoms with Crippen molar-refractivity contribution < 1.29 is 18.7 Å². The van der Waals surface area contributed by atoms with Gasteiger partial charge in [-0.25, -0.2) is 9.78 Å². The molecule has 3 rings (SSSR count). The van der Waals surface area contributed by atoms with Gasteiger partial charge in [-0.05, 0) is 29.8 Å². The normalized spacial score (nSPS) is 10.6. The van der Waals surface area contributed by atoms with E-state index >= 15 is 0 Å². The zero-order valence-electron chi connectivity index (χ0n) is 13.8. The fraction of sp³-hybridized carbons (Fsp3) is 0.211. The molecule has 1 aromatic heterocycles. The number of methoxy groups -OCH3 is 1. The SMILES string of the molecule is COC(=O)c1ccc(CNC(=O)CCc2nc3ccccc3o2)cc1. The zero-order valence-corrected chi connectivity index (χ0v) is 13.8. The predicted molar refractivity (Wildman–Crippen MR) is 92.0 cm³/mol. The second kappa shape index (κ2) is 7.61. The monoisotopic (exact) mass is 338 g/mol. The highest BCUT2D eigenvalue weighted by atomic mass is 16.5. The van der Waals surface area contributed by atoms with E-state index in [4.69, 9.17) is 4.42 Å². The molecular weight excluding hydrogens is 320 g/mol. The fourth-order valence-corrected chi connectivity index (χ4v) is 2.41. The van der Waals surface area contributed by atoms with Crippen molar-refractivity contribution in [1.29, 1.82) is 0 Å². The average molecular weight is 338 g/mol. The molecule has 6 heteroatoms. The van der Waals surface area contributed by atoms with Gasteiger partial charge < -0.3 is 14.5 Å². The summed E-state index contributed by atoms with van der Waals surface area (Å²) in [7, 11) is 1.34. The Kier molecular flexibility index (Phi) is 5.09. The molecule has 0 saturated heterocycles. The summed E-state index contributed by atoms with van der Waals surface area (Å²) in [6, 6.07) is 14.4. The van der Waals surface area contributed by atoms with Crippen LogP contribution in [0.3, 0.4) is 0 Å². The van der Waals surface area contributed by atoms with Gasteiger partial charge in [-0.3, -0.25) is 4.79 Å². The maximum absolute atomic E-state index is 12.0. The summed E-state index contributed by atoms with van der Waals surface area (Å²) in [4.78, 5) is 27.7.